The first-order valence-corrected chi connectivity index (χ1v) is 7.73. The van der Waals surface area contributed by atoms with Gasteiger partial charge in [-0.25, -0.2) is 0 Å². The molecule has 0 saturated carbocycles. The Balaban J connectivity index is 1.73. The highest BCUT2D eigenvalue weighted by molar-refractivity contribution is 5.84. The molecule has 0 fully saturated rings. The van der Waals surface area contributed by atoms with Crippen molar-refractivity contribution in [2.45, 2.75) is 12.5 Å². The summed E-state index contributed by atoms with van der Waals surface area (Å²) in [7, 11) is 3.28. The zero-order valence-electron chi connectivity index (χ0n) is 13.5. The molecule has 1 aliphatic heterocycles. The number of fused-ring (bicyclic) bond motifs is 1. The molecule has 23 heavy (non-hydrogen) atoms. The zero-order chi connectivity index (χ0) is 16.1. The smallest absolute Gasteiger partial charge is 0.131 e. The Morgan fingerprint density at radius 3 is 2.87 bits per heavy atom. The van der Waals surface area contributed by atoms with Crippen LogP contribution in [0.4, 0.5) is 0 Å². The predicted molar refractivity (Wildman–Crippen MR) is 90.8 cm³/mol. The number of rotatable bonds is 5. The van der Waals surface area contributed by atoms with E-state index in [2.05, 4.69) is 29.3 Å². The molecular formula is C19H21NO3. The summed E-state index contributed by atoms with van der Waals surface area (Å²) < 4.78 is 16.5. The van der Waals surface area contributed by atoms with Gasteiger partial charge >= 0.3 is 0 Å². The van der Waals surface area contributed by atoms with Crippen molar-refractivity contribution in [3.8, 4) is 11.5 Å². The normalized spacial score (nSPS) is 17.0. The number of hydrogen-bond acceptors (Lipinski definition) is 4. The zero-order valence-corrected chi connectivity index (χ0v) is 13.5. The molecule has 0 N–H and O–H groups in total. The minimum absolute atomic E-state index is 0.0282. The molecule has 0 unspecified atom stereocenters. The standard InChI is InChI=1S/C19H21NO3/c1-21-16-8-7-15(18(11-16)22-2)12-20-13-19-17-6-4-3-5-14(17)9-10-23-19/h3-8,11-12,19H,9-10,13H2,1-2H3/t19-/m1/s1. The van der Waals surface area contributed by atoms with E-state index < -0.39 is 0 Å². The molecule has 0 aliphatic carbocycles. The molecule has 2 aromatic rings. The van der Waals surface area contributed by atoms with E-state index in [0.29, 0.717) is 6.54 Å². The van der Waals surface area contributed by atoms with Crippen molar-refractivity contribution in [2.24, 2.45) is 4.99 Å². The van der Waals surface area contributed by atoms with Crippen LogP contribution in [0.5, 0.6) is 11.5 Å². The number of ether oxygens (including phenoxy) is 3. The van der Waals surface area contributed by atoms with Crippen LogP contribution in [0.3, 0.4) is 0 Å². The van der Waals surface area contributed by atoms with E-state index >= 15 is 0 Å². The Morgan fingerprint density at radius 1 is 1.17 bits per heavy atom. The minimum Gasteiger partial charge on any atom is -0.497 e. The van der Waals surface area contributed by atoms with Gasteiger partial charge in [-0.05, 0) is 29.7 Å². The lowest BCUT2D eigenvalue weighted by Crippen LogP contribution is -2.18. The molecule has 0 spiro atoms. The fourth-order valence-electron chi connectivity index (χ4n) is 2.80. The third kappa shape index (κ3) is 3.54. The molecular weight excluding hydrogens is 290 g/mol. The third-order valence-corrected chi connectivity index (χ3v) is 4.03. The monoisotopic (exact) mass is 311 g/mol. The van der Waals surface area contributed by atoms with E-state index in [-0.39, 0.29) is 6.10 Å². The maximum absolute atomic E-state index is 5.87. The molecule has 120 valence electrons. The molecule has 4 heteroatoms. The molecule has 4 nitrogen and oxygen atoms in total. The summed E-state index contributed by atoms with van der Waals surface area (Å²) >= 11 is 0. The van der Waals surface area contributed by atoms with Crippen LogP contribution in [-0.4, -0.2) is 33.6 Å². The molecule has 1 heterocycles. The molecule has 1 atom stereocenters. The van der Waals surface area contributed by atoms with E-state index in [9.17, 15) is 0 Å². The summed E-state index contributed by atoms with van der Waals surface area (Å²) in [6, 6.07) is 14.1. The molecule has 3 rings (SSSR count). The fourth-order valence-corrected chi connectivity index (χ4v) is 2.80. The molecule has 0 amide bonds. The molecule has 2 aromatic carbocycles. The van der Waals surface area contributed by atoms with Gasteiger partial charge in [-0.1, -0.05) is 24.3 Å². The second kappa shape index (κ2) is 7.29. The van der Waals surface area contributed by atoms with E-state index in [1.807, 2.05) is 24.4 Å². The van der Waals surface area contributed by atoms with Crippen molar-refractivity contribution in [3.63, 3.8) is 0 Å². The Bertz CT molecular complexity index is 697. The van der Waals surface area contributed by atoms with Crippen LogP contribution in [-0.2, 0) is 11.2 Å². The topological polar surface area (TPSA) is 40.0 Å². The van der Waals surface area contributed by atoms with Crippen LogP contribution < -0.4 is 9.47 Å². The third-order valence-electron chi connectivity index (χ3n) is 4.03. The first kappa shape index (κ1) is 15.6. The van der Waals surface area contributed by atoms with Crippen LogP contribution in [0.2, 0.25) is 0 Å². The maximum Gasteiger partial charge on any atom is 0.131 e. The maximum atomic E-state index is 5.87. The van der Waals surface area contributed by atoms with Crippen LogP contribution in [0, 0.1) is 0 Å². The van der Waals surface area contributed by atoms with Crippen molar-refractivity contribution in [2.75, 3.05) is 27.4 Å². The lowest BCUT2D eigenvalue weighted by Gasteiger charge is -2.24. The van der Waals surface area contributed by atoms with Gasteiger partial charge in [0.15, 0.2) is 0 Å². The summed E-state index contributed by atoms with van der Waals surface area (Å²) in [5.74, 6) is 1.52. The van der Waals surface area contributed by atoms with Gasteiger partial charge in [0.1, 0.15) is 17.6 Å². The highest BCUT2D eigenvalue weighted by Crippen LogP contribution is 2.27. The van der Waals surface area contributed by atoms with Gasteiger partial charge in [0, 0.05) is 17.8 Å². The van der Waals surface area contributed by atoms with Crippen LogP contribution in [0.25, 0.3) is 0 Å². The largest absolute Gasteiger partial charge is 0.497 e. The van der Waals surface area contributed by atoms with Gasteiger partial charge in [0.25, 0.3) is 0 Å². The van der Waals surface area contributed by atoms with E-state index in [1.165, 1.54) is 11.1 Å². The van der Waals surface area contributed by atoms with Gasteiger partial charge in [0.2, 0.25) is 0 Å². The number of aliphatic imine (C=N–C) groups is 1. The van der Waals surface area contributed by atoms with Gasteiger partial charge in [-0.2, -0.15) is 0 Å². The quantitative estimate of drug-likeness (QED) is 0.794. The van der Waals surface area contributed by atoms with Crippen LogP contribution in [0.1, 0.15) is 22.8 Å². The molecule has 0 aromatic heterocycles. The van der Waals surface area contributed by atoms with E-state index in [0.717, 1.165) is 30.1 Å². The average molecular weight is 311 g/mol. The van der Waals surface area contributed by atoms with Gasteiger partial charge in [-0.3, -0.25) is 4.99 Å². The first-order chi connectivity index (χ1) is 11.3. The summed E-state index contributed by atoms with van der Waals surface area (Å²) in [5, 5.41) is 0. The number of methoxy groups -OCH3 is 2. The molecule has 0 bridgehead atoms. The second-order valence-corrected chi connectivity index (χ2v) is 5.41. The Labute approximate surface area is 136 Å². The van der Waals surface area contributed by atoms with Crippen LogP contribution >= 0.6 is 0 Å². The SMILES string of the molecule is COc1ccc(C=NC[C@H]2OCCc3ccccc32)c(OC)c1. The van der Waals surface area contributed by atoms with Gasteiger partial charge < -0.3 is 14.2 Å². The highest BCUT2D eigenvalue weighted by Gasteiger charge is 2.19. The van der Waals surface area contributed by atoms with Crippen molar-refractivity contribution < 1.29 is 14.2 Å². The van der Waals surface area contributed by atoms with Gasteiger partial charge in [-0.15, -0.1) is 0 Å². The number of hydrogen-bond donors (Lipinski definition) is 0. The average Bonchev–Trinajstić information content (AvgIpc) is 2.62. The second-order valence-electron chi connectivity index (χ2n) is 5.41. The highest BCUT2D eigenvalue weighted by atomic mass is 16.5. The number of nitrogens with zero attached hydrogens (tertiary/aromatic N) is 1. The lowest BCUT2D eigenvalue weighted by atomic mass is 9.98. The number of benzene rings is 2. The van der Waals surface area contributed by atoms with E-state index in [1.54, 1.807) is 14.2 Å². The molecule has 0 saturated heterocycles. The lowest BCUT2D eigenvalue weighted by molar-refractivity contribution is 0.0489. The first-order valence-electron chi connectivity index (χ1n) is 7.73. The van der Waals surface area contributed by atoms with Crippen molar-refractivity contribution in [3.05, 3.63) is 59.2 Å². The summed E-state index contributed by atoms with van der Waals surface area (Å²) in [4.78, 5) is 4.56. The fraction of sp³-hybridized carbons (Fsp3) is 0.316. The Kier molecular flexibility index (Phi) is 4.93. The summed E-state index contributed by atoms with van der Waals surface area (Å²) in [6.07, 6.45) is 2.84. The Morgan fingerprint density at radius 2 is 2.04 bits per heavy atom. The summed E-state index contributed by atoms with van der Waals surface area (Å²) in [6.45, 7) is 1.36. The predicted octanol–water partition coefficient (Wildman–Crippen LogP) is 3.44. The van der Waals surface area contributed by atoms with Crippen molar-refractivity contribution >= 4 is 6.21 Å². The van der Waals surface area contributed by atoms with Crippen molar-refractivity contribution in [1.82, 2.24) is 0 Å². The summed E-state index contributed by atoms with van der Waals surface area (Å²) in [5.41, 5.74) is 3.54. The minimum atomic E-state index is 0.0282. The van der Waals surface area contributed by atoms with E-state index in [4.69, 9.17) is 14.2 Å². The molecule has 1 aliphatic rings. The Hall–Kier alpha value is -2.33. The van der Waals surface area contributed by atoms with Crippen LogP contribution in [0.15, 0.2) is 47.5 Å². The van der Waals surface area contributed by atoms with Gasteiger partial charge in [0.05, 0.1) is 27.4 Å². The molecule has 0 radical (unpaired) electrons. The van der Waals surface area contributed by atoms with Crippen molar-refractivity contribution in [1.29, 1.82) is 0 Å².